The normalized spacial score (nSPS) is 11.9. The summed E-state index contributed by atoms with van der Waals surface area (Å²) < 4.78 is 0. The molecule has 0 heterocycles. The molecule has 0 aliphatic carbocycles. The predicted molar refractivity (Wildman–Crippen MR) is 76.8 cm³/mol. The zero-order valence-corrected chi connectivity index (χ0v) is 11.9. The van der Waals surface area contributed by atoms with Crippen molar-refractivity contribution >= 4 is 5.69 Å². The fraction of sp³-hybridized carbons (Fsp3) is 0.600. The van der Waals surface area contributed by atoms with Crippen molar-refractivity contribution in [2.45, 2.75) is 32.6 Å². The number of hydrogen-bond acceptors (Lipinski definition) is 2. The third-order valence-electron chi connectivity index (χ3n) is 2.86. The summed E-state index contributed by atoms with van der Waals surface area (Å²) in [6.07, 6.45) is 1.17. The molecule has 0 aromatic heterocycles. The highest BCUT2D eigenvalue weighted by Crippen LogP contribution is 2.23. The number of hydrogen-bond donors (Lipinski definition) is 1. The highest BCUT2D eigenvalue weighted by Gasteiger charge is 2.12. The van der Waals surface area contributed by atoms with Gasteiger partial charge in [-0.25, -0.2) is 0 Å². The molecule has 0 radical (unpaired) electrons. The van der Waals surface area contributed by atoms with Crippen LogP contribution in [0.1, 0.15) is 32.8 Å². The second kappa shape index (κ2) is 6.06. The molecule has 0 unspecified atom stereocenters. The Bertz CT molecular complexity index is 320. The summed E-state index contributed by atoms with van der Waals surface area (Å²) >= 11 is 0. The van der Waals surface area contributed by atoms with E-state index in [0.29, 0.717) is 0 Å². The van der Waals surface area contributed by atoms with E-state index < -0.39 is 0 Å². The van der Waals surface area contributed by atoms with E-state index in [1.807, 2.05) is 0 Å². The fourth-order valence-corrected chi connectivity index (χ4v) is 1.72. The summed E-state index contributed by atoms with van der Waals surface area (Å²) in [6.45, 7) is 8.89. The summed E-state index contributed by atoms with van der Waals surface area (Å²) in [6, 6.07) is 8.79. The van der Waals surface area contributed by atoms with E-state index in [2.05, 4.69) is 69.3 Å². The molecule has 17 heavy (non-hydrogen) atoms. The van der Waals surface area contributed by atoms with Gasteiger partial charge in [-0.05, 0) is 50.2 Å². The molecule has 0 amide bonds. The monoisotopic (exact) mass is 234 g/mol. The van der Waals surface area contributed by atoms with Crippen molar-refractivity contribution in [3.05, 3.63) is 29.8 Å². The van der Waals surface area contributed by atoms with E-state index in [1.54, 1.807) is 0 Å². The zero-order valence-electron chi connectivity index (χ0n) is 11.9. The Labute approximate surface area is 106 Å². The first kappa shape index (κ1) is 14.0. The highest BCUT2D eigenvalue weighted by molar-refractivity contribution is 5.45. The molecule has 0 fully saturated rings. The second-order valence-electron chi connectivity index (χ2n) is 5.91. The first-order valence-corrected chi connectivity index (χ1v) is 6.39. The summed E-state index contributed by atoms with van der Waals surface area (Å²) in [5, 5.41) is 3.45. The lowest BCUT2D eigenvalue weighted by Crippen LogP contribution is -2.16. The van der Waals surface area contributed by atoms with Gasteiger partial charge >= 0.3 is 0 Å². The Morgan fingerprint density at radius 3 is 2.12 bits per heavy atom. The number of nitrogens with one attached hydrogen (secondary N) is 1. The number of rotatable bonds is 5. The molecule has 0 aliphatic heterocycles. The van der Waals surface area contributed by atoms with Crippen molar-refractivity contribution < 1.29 is 0 Å². The van der Waals surface area contributed by atoms with Gasteiger partial charge in [0.15, 0.2) is 0 Å². The Kier molecular flexibility index (Phi) is 5.01. The van der Waals surface area contributed by atoms with Crippen LogP contribution in [0.4, 0.5) is 5.69 Å². The SMILES string of the molecule is CN(C)CCCNc1ccc(C(C)(C)C)cc1. The molecule has 1 N–H and O–H groups in total. The van der Waals surface area contributed by atoms with Crippen molar-refractivity contribution in [3.8, 4) is 0 Å². The topological polar surface area (TPSA) is 15.3 Å². The van der Waals surface area contributed by atoms with Gasteiger partial charge in [0.05, 0.1) is 0 Å². The third-order valence-corrected chi connectivity index (χ3v) is 2.86. The molecule has 2 heteroatoms. The first-order chi connectivity index (χ1) is 7.89. The minimum atomic E-state index is 0.240. The molecule has 96 valence electrons. The molecule has 0 saturated heterocycles. The molecule has 1 aromatic carbocycles. The number of anilines is 1. The van der Waals surface area contributed by atoms with Crippen LogP contribution in [-0.4, -0.2) is 32.1 Å². The maximum Gasteiger partial charge on any atom is 0.0340 e. The first-order valence-electron chi connectivity index (χ1n) is 6.39. The molecule has 0 spiro atoms. The number of benzene rings is 1. The van der Waals surface area contributed by atoms with Gasteiger partial charge in [0.2, 0.25) is 0 Å². The van der Waals surface area contributed by atoms with Crippen LogP contribution in [0, 0.1) is 0 Å². The molecular formula is C15H26N2. The predicted octanol–water partition coefficient (Wildman–Crippen LogP) is 3.35. The summed E-state index contributed by atoms with van der Waals surface area (Å²) in [5.41, 5.74) is 2.84. The van der Waals surface area contributed by atoms with Gasteiger partial charge in [-0.3, -0.25) is 0 Å². The van der Waals surface area contributed by atoms with Gasteiger partial charge in [0.25, 0.3) is 0 Å². The van der Waals surface area contributed by atoms with Crippen molar-refractivity contribution in [2.24, 2.45) is 0 Å². The van der Waals surface area contributed by atoms with Crippen molar-refractivity contribution in [2.75, 3.05) is 32.5 Å². The standard InChI is InChI=1S/C15H26N2/c1-15(2,3)13-7-9-14(10-8-13)16-11-6-12-17(4)5/h7-10,16H,6,11-12H2,1-5H3. The van der Waals surface area contributed by atoms with Crippen molar-refractivity contribution in [3.63, 3.8) is 0 Å². The van der Waals surface area contributed by atoms with Crippen LogP contribution in [0.5, 0.6) is 0 Å². The van der Waals surface area contributed by atoms with E-state index >= 15 is 0 Å². The van der Waals surface area contributed by atoms with Gasteiger partial charge in [-0.2, -0.15) is 0 Å². The Morgan fingerprint density at radius 2 is 1.65 bits per heavy atom. The summed E-state index contributed by atoms with van der Waals surface area (Å²) in [4.78, 5) is 2.21. The van der Waals surface area contributed by atoms with E-state index in [0.717, 1.165) is 13.1 Å². The second-order valence-corrected chi connectivity index (χ2v) is 5.91. The van der Waals surface area contributed by atoms with Gasteiger partial charge in [-0.1, -0.05) is 32.9 Å². The molecule has 0 bridgehead atoms. The molecular weight excluding hydrogens is 208 g/mol. The van der Waals surface area contributed by atoms with E-state index in [4.69, 9.17) is 0 Å². The van der Waals surface area contributed by atoms with Crippen LogP contribution in [-0.2, 0) is 5.41 Å². The molecule has 0 aliphatic rings. The average Bonchev–Trinajstić information content (AvgIpc) is 2.23. The molecule has 1 rings (SSSR count). The highest BCUT2D eigenvalue weighted by atomic mass is 15.1. The van der Waals surface area contributed by atoms with Crippen LogP contribution < -0.4 is 5.32 Å². The van der Waals surface area contributed by atoms with Crippen LogP contribution in [0.25, 0.3) is 0 Å². The Morgan fingerprint density at radius 1 is 1.06 bits per heavy atom. The molecule has 1 aromatic rings. The van der Waals surface area contributed by atoms with Gasteiger partial charge in [-0.15, -0.1) is 0 Å². The molecule has 0 atom stereocenters. The third kappa shape index (κ3) is 5.22. The Hall–Kier alpha value is -1.02. The average molecular weight is 234 g/mol. The molecule has 0 saturated carbocycles. The summed E-state index contributed by atoms with van der Waals surface area (Å²) in [7, 11) is 4.22. The van der Waals surface area contributed by atoms with E-state index in [1.165, 1.54) is 17.7 Å². The lowest BCUT2D eigenvalue weighted by molar-refractivity contribution is 0.405. The minimum absolute atomic E-state index is 0.240. The van der Waals surface area contributed by atoms with E-state index in [-0.39, 0.29) is 5.41 Å². The Balaban J connectivity index is 2.41. The van der Waals surface area contributed by atoms with Gasteiger partial charge in [0.1, 0.15) is 0 Å². The zero-order chi connectivity index (χ0) is 12.9. The molecule has 2 nitrogen and oxygen atoms in total. The maximum absolute atomic E-state index is 3.45. The van der Waals surface area contributed by atoms with Gasteiger partial charge < -0.3 is 10.2 Å². The van der Waals surface area contributed by atoms with Crippen LogP contribution in [0.3, 0.4) is 0 Å². The number of nitrogens with zero attached hydrogens (tertiary/aromatic N) is 1. The van der Waals surface area contributed by atoms with Crippen molar-refractivity contribution in [1.82, 2.24) is 4.90 Å². The van der Waals surface area contributed by atoms with Crippen LogP contribution in [0.15, 0.2) is 24.3 Å². The largest absolute Gasteiger partial charge is 0.385 e. The maximum atomic E-state index is 3.45. The van der Waals surface area contributed by atoms with E-state index in [9.17, 15) is 0 Å². The fourth-order valence-electron chi connectivity index (χ4n) is 1.72. The minimum Gasteiger partial charge on any atom is -0.385 e. The lowest BCUT2D eigenvalue weighted by Gasteiger charge is -2.19. The van der Waals surface area contributed by atoms with Gasteiger partial charge in [0, 0.05) is 12.2 Å². The van der Waals surface area contributed by atoms with Crippen LogP contribution >= 0.6 is 0 Å². The van der Waals surface area contributed by atoms with Crippen molar-refractivity contribution in [1.29, 1.82) is 0 Å². The smallest absolute Gasteiger partial charge is 0.0340 e. The summed E-state index contributed by atoms with van der Waals surface area (Å²) in [5.74, 6) is 0. The lowest BCUT2D eigenvalue weighted by atomic mass is 9.87. The quantitative estimate of drug-likeness (QED) is 0.786. The van der Waals surface area contributed by atoms with Crippen LogP contribution in [0.2, 0.25) is 0 Å².